The number of hydrogen-bond donors (Lipinski definition) is 0. The molecule has 212 valence electrons. The molecule has 0 N–H and O–H groups in total. The third kappa shape index (κ3) is 7.37. The van der Waals surface area contributed by atoms with Crippen molar-refractivity contribution in [2.75, 3.05) is 13.1 Å². The Morgan fingerprint density at radius 3 is 2.48 bits per heavy atom. The van der Waals surface area contributed by atoms with Crippen molar-refractivity contribution in [1.82, 2.24) is 14.4 Å². The number of rotatable bonds is 12. The summed E-state index contributed by atoms with van der Waals surface area (Å²) in [4.78, 5) is 42.1. The monoisotopic (exact) mass is 544 g/mol. The highest BCUT2D eigenvalue weighted by molar-refractivity contribution is 5.97. The first-order chi connectivity index (χ1) is 19.4. The van der Waals surface area contributed by atoms with Crippen molar-refractivity contribution in [3.63, 3.8) is 0 Å². The summed E-state index contributed by atoms with van der Waals surface area (Å²) in [6, 6.07) is 19.0. The maximum atomic E-state index is 14.0. The quantitative estimate of drug-likeness (QED) is 0.196. The second-order valence-corrected chi connectivity index (χ2v) is 10.8. The topological polar surface area (TPSA) is 88.7 Å². The minimum atomic E-state index is -0.469. The molecule has 1 aliphatic rings. The first-order valence-corrected chi connectivity index (χ1v) is 14.4. The minimum absolute atomic E-state index is 0.0452. The van der Waals surface area contributed by atoms with Crippen LogP contribution in [0.3, 0.4) is 0 Å². The van der Waals surface area contributed by atoms with Gasteiger partial charge < -0.3 is 14.4 Å². The molecule has 0 aliphatic heterocycles. The van der Waals surface area contributed by atoms with Gasteiger partial charge in [-0.1, -0.05) is 69.0 Å². The zero-order valence-corrected chi connectivity index (χ0v) is 23.6. The zero-order chi connectivity index (χ0) is 28.5. The van der Waals surface area contributed by atoms with Crippen LogP contribution in [0.2, 0.25) is 0 Å². The van der Waals surface area contributed by atoms with Gasteiger partial charge in [0.15, 0.2) is 0 Å². The largest absolute Gasteiger partial charge is 0.345 e. The van der Waals surface area contributed by atoms with Gasteiger partial charge in [-0.05, 0) is 49.9 Å². The molecule has 2 aromatic carbocycles. The van der Waals surface area contributed by atoms with Crippen molar-refractivity contribution in [2.24, 2.45) is 0 Å². The SMILES string of the molecule is CCCCN(CC(=O)N(Cc1cccn1Cc1ccccc1)C1CCCCC1)C(=O)c1ccc(C)c([N+](=O)[O-])c1. The van der Waals surface area contributed by atoms with Gasteiger partial charge in [-0.2, -0.15) is 0 Å². The van der Waals surface area contributed by atoms with Crippen LogP contribution in [0, 0.1) is 17.0 Å². The number of unbranched alkanes of at least 4 members (excludes halogenated alkanes) is 1. The maximum absolute atomic E-state index is 14.0. The van der Waals surface area contributed by atoms with E-state index >= 15 is 0 Å². The maximum Gasteiger partial charge on any atom is 0.273 e. The Morgan fingerprint density at radius 1 is 1.02 bits per heavy atom. The second-order valence-electron chi connectivity index (χ2n) is 10.8. The van der Waals surface area contributed by atoms with Gasteiger partial charge in [0.25, 0.3) is 11.6 Å². The van der Waals surface area contributed by atoms with E-state index in [1.54, 1.807) is 24.0 Å². The number of nitro benzene ring substituents is 1. The fourth-order valence-corrected chi connectivity index (χ4v) is 5.49. The molecule has 0 radical (unpaired) electrons. The highest BCUT2D eigenvalue weighted by Crippen LogP contribution is 2.26. The highest BCUT2D eigenvalue weighted by atomic mass is 16.6. The molecule has 1 fully saturated rings. The lowest BCUT2D eigenvalue weighted by molar-refractivity contribution is -0.385. The van der Waals surface area contributed by atoms with Crippen molar-refractivity contribution in [1.29, 1.82) is 0 Å². The van der Waals surface area contributed by atoms with E-state index in [9.17, 15) is 19.7 Å². The van der Waals surface area contributed by atoms with Crippen molar-refractivity contribution in [2.45, 2.75) is 77.9 Å². The Morgan fingerprint density at radius 2 is 1.77 bits per heavy atom. The number of nitro groups is 1. The molecule has 1 aliphatic carbocycles. The summed E-state index contributed by atoms with van der Waals surface area (Å²) in [5.41, 5.74) is 2.90. The van der Waals surface area contributed by atoms with E-state index in [4.69, 9.17) is 0 Å². The van der Waals surface area contributed by atoms with E-state index in [1.807, 2.05) is 42.3 Å². The van der Waals surface area contributed by atoms with E-state index < -0.39 is 4.92 Å². The number of aryl methyl sites for hydroxylation is 1. The Balaban J connectivity index is 1.57. The van der Waals surface area contributed by atoms with Gasteiger partial charge in [0.05, 0.1) is 11.5 Å². The second kappa shape index (κ2) is 13.9. The van der Waals surface area contributed by atoms with Gasteiger partial charge in [0, 0.05) is 48.2 Å². The molecule has 8 nitrogen and oxygen atoms in total. The third-order valence-corrected chi connectivity index (χ3v) is 7.84. The molecule has 1 aromatic heterocycles. The summed E-state index contributed by atoms with van der Waals surface area (Å²) >= 11 is 0. The normalized spacial score (nSPS) is 13.7. The van der Waals surface area contributed by atoms with Gasteiger partial charge in [-0.3, -0.25) is 19.7 Å². The third-order valence-electron chi connectivity index (χ3n) is 7.84. The van der Waals surface area contributed by atoms with E-state index in [2.05, 4.69) is 22.8 Å². The molecule has 2 amide bonds. The summed E-state index contributed by atoms with van der Waals surface area (Å²) in [5.74, 6) is -0.425. The van der Waals surface area contributed by atoms with Crippen LogP contribution in [0.15, 0.2) is 66.9 Å². The van der Waals surface area contributed by atoms with Crippen LogP contribution in [0.1, 0.15) is 79.0 Å². The van der Waals surface area contributed by atoms with Crippen LogP contribution >= 0.6 is 0 Å². The Bertz CT molecular complexity index is 1300. The lowest BCUT2D eigenvalue weighted by atomic mass is 9.94. The smallest absolute Gasteiger partial charge is 0.273 e. The number of amides is 2. The first-order valence-electron chi connectivity index (χ1n) is 14.4. The van der Waals surface area contributed by atoms with Gasteiger partial charge in [0.2, 0.25) is 5.91 Å². The van der Waals surface area contributed by atoms with Crippen LogP contribution < -0.4 is 0 Å². The van der Waals surface area contributed by atoms with Crippen molar-refractivity contribution < 1.29 is 14.5 Å². The fourth-order valence-electron chi connectivity index (χ4n) is 5.49. The lowest BCUT2D eigenvalue weighted by Crippen LogP contribution is -2.47. The number of carbonyl (C=O) groups is 2. The van der Waals surface area contributed by atoms with Crippen LogP contribution in [-0.4, -0.2) is 50.2 Å². The summed E-state index contributed by atoms with van der Waals surface area (Å²) < 4.78 is 2.18. The molecular weight excluding hydrogens is 504 g/mol. The molecule has 0 saturated heterocycles. The summed E-state index contributed by atoms with van der Waals surface area (Å²) in [7, 11) is 0. The van der Waals surface area contributed by atoms with Gasteiger partial charge >= 0.3 is 0 Å². The Kier molecular flexibility index (Phi) is 10.1. The molecule has 0 bridgehead atoms. The molecule has 40 heavy (non-hydrogen) atoms. The molecule has 8 heteroatoms. The standard InChI is InChI=1S/C32H40N4O4/c1-3-4-19-34(32(38)27-18-17-25(2)30(21-27)36(39)40)24-31(37)35(28-14-9-6-10-15-28)23-29-16-11-20-33(29)22-26-12-7-5-8-13-26/h5,7-8,11-13,16-18,20-21,28H,3-4,6,9-10,14-15,19,22-24H2,1-2H3. The summed E-state index contributed by atoms with van der Waals surface area (Å²) in [6.07, 6.45) is 8.93. The number of benzene rings is 2. The minimum Gasteiger partial charge on any atom is -0.345 e. The lowest BCUT2D eigenvalue weighted by Gasteiger charge is -2.36. The molecule has 1 heterocycles. The number of aromatic nitrogens is 1. The molecule has 3 aromatic rings. The van der Waals surface area contributed by atoms with Crippen molar-refractivity contribution in [3.05, 3.63) is 99.4 Å². The molecule has 0 atom stereocenters. The number of nitrogens with zero attached hydrogens (tertiary/aromatic N) is 4. The van der Waals surface area contributed by atoms with E-state index in [0.29, 0.717) is 18.7 Å². The first kappa shape index (κ1) is 29.1. The predicted molar refractivity (Wildman–Crippen MR) is 156 cm³/mol. The summed E-state index contributed by atoms with van der Waals surface area (Å²) in [5, 5.41) is 11.5. The highest BCUT2D eigenvalue weighted by Gasteiger charge is 2.29. The average molecular weight is 545 g/mol. The number of hydrogen-bond acceptors (Lipinski definition) is 4. The van der Waals surface area contributed by atoms with E-state index in [-0.39, 0.29) is 35.7 Å². The van der Waals surface area contributed by atoms with Gasteiger partial charge in [-0.15, -0.1) is 0 Å². The number of carbonyl (C=O) groups excluding carboxylic acids is 2. The van der Waals surface area contributed by atoms with Crippen LogP contribution in [0.25, 0.3) is 0 Å². The molecule has 1 saturated carbocycles. The van der Waals surface area contributed by atoms with Crippen LogP contribution in [0.5, 0.6) is 0 Å². The van der Waals surface area contributed by atoms with E-state index in [1.165, 1.54) is 18.1 Å². The Labute approximate surface area is 236 Å². The summed E-state index contributed by atoms with van der Waals surface area (Å²) in [6.45, 7) is 5.28. The van der Waals surface area contributed by atoms with Gasteiger partial charge in [-0.25, -0.2) is 0 Å². The average Bonchev–Trinajstić information content (AvgIpc) is 3.40. The molecule has 0 unspecified atom stereocenters. The molecule has 4 rings (SSSR count). The predicted octanol–water partition coefficient (Wildman–Crippen LogP) is 6.36. The van der Waals surface area contributed by atoms with Crippen LogP contribution in [0.4, 0.5) is 5.69 Å². The van der Waals surface area contributed by atoms with E-state index in [0.717, 1.165) is 50.8 Å². The molecular formula is C32H40N4O4. The van der Waals surface area contributed by atoms with Crippen molar-refractivity contribution >= 4 is 17.5 Å². The van der Waals surface area contributed by atoms with Crippen molar-refractivity contribution in [3.8, 4) is 0 Å². The fraction of sp³-hybridized carbons (Fsp3) is 0.438. The Hall–Kier alpha value is -3.94. The zero-order valence-electron chi connectivity index (χ0n) is 23.6. The van der Waals surface area contributed by atoms with Gasteiger partial charge in [0.1, 0.15) is 6.54 Å². The van der Waals surface area contributed by atoms with Crippen LogP contribution in [-0.2, 0) is 17.9 Å². The molecule has 0 spiro atoms.